The Labute approximate surface area is 262 Å². The molecule has 0 unspecified atom stereocenters. The van der Waals surface area contributed by atoms with Gasteiger partial charge in [0, 0.05) is 31.3 Å². The number of hydrogen-bond acceptors (Lipinski definition) is 6. The lowest BCUT2D eigenvalue weighted by atomic mass is 10.0. The summed E-state index contributed by atoms with van der Waals surface area (Å²) in [6.45, 7) is 6.65. The minimum Gasteiger partial charge on any atom is -0.218 e. The summed E-state index contributed by atoms with van der Waals surface area (Å²) in [4.78, 5) is 8.11. The van der Waals surface area contributed by atoms with E-state index < -0.39 is 17.9 Å². The minimum atomic E-state index is -3.80. The maximum Gasteiger partial charge on any atom is 0.210 e. The van der Waals surface area contributed by atoms with Crippen molar-refractivity contribution in [2.75, 3.05) is 5.50 Å². The normalized spacial score (nSPS) is 13.9. The average molecular weight is 665 g/mol. The van der Waals surface area contributed by atoms with Crippen LogP contribution in [0.3, 0.4) is 0 Å². The molecule has 0 fully saturated rings. The highest BCUT2D eigenvalue weighted by atomic mass is 35.5. The zero-order valence-electron chi connectivity index (χ0n) is 22.5. The molecule has 6 aromatic rings. The van der Waals surface area contributed by atoms with Crippen LogP contribution in [0.1, 0.15) is 4.88 Å². The van der Waals surface area contributed by atoms with E-state index in [-0.39, 0.29) is 0 Å². The van der Waals surface area contributed by atoms with Gasteiger partial charge in [0.05, 0.1) is 29.3 Å². The molecule has 0 saturated carbocycles. The van der Waals surface area contributed by atoms with Gasteiger partial charge in [0.1, 0.15) is 8.07 Å². The molecule has 0 aliphatic carbocycles. The van der Waals surface area contributed by atoms with Gasteiger partial charge in [-0.1, -0.05) is 79.8 Å². The van der Waals surface area contributed by atoms with Crippen molar-refractivity contribution in [3.05, 3.63) is 89.8 Å². The van der Waals surface area contributed by atoms with Gasteiger partial charge in [-0.2, -0.15) is 0 Å². The Bertz CT molecular complexity index is 2030. The van der Waals surface area contributed by atoms with Gasteiger partial charge in [0.15, 0.2) is 0 Å². The molecule has 206 valence electrons. The molecule has 0 spiro atoms. The summed E-state index contributed by atoms with van der Waals surface area (Å²) in [7, 11) is -5.55. The molecule has 2 aromatic carbocycles. The van der Waals surface area contributed by atoms with Crippen LogP contribution in [-0.4, -0.2) is 22.0 Å². The Hall–Kier alpha value is -2.30. The highest BCUT2D eigenvalue weighted by molar-refractivity contribution is 7.93. The van der Waals surface area contributed by atoms with Gasteiger partial charge in [-0.3, -0.25) is 0 Å². The van der Waals surface area contributed by atoms with E-state index >= 15 is 0 Å². The van der Waals surface area contributed by atoms with Gasteiger partial charge in [-0.25, -0.2) is 8.42 Å². The molecule has 1 aliphatic rings. The summed E-state index contributed by atoms with van der Waals surface area (Å²) >= 11 is 13.1. The topological polar surface area (TPSA) is 34.1 Å². The molecule has 2 nitrogen and oxygen atoms in total. The molecule has 0 atom stereocenters. The Kier molecular flexibility index (Phi) is 6.82. The molecule has 9 heteroatoms. The summed E-state index contributed by atoms with van der Waals surface area (Å²) in [5, 5.41) is 0. The molecule has 41 heavy (non-hydrogen) atoms. The molecule has 5 heterocycles. The predicted molar refractivity (Wildman–Crippen MR) is 183 cm³/mol. The van der Waals surface area contributed by atoms with Crippen molar-refractivity contribution in [2.45, 2.75) is 29.8 Å². The molecule has 1 aliphatic heterocycles. The molecule has 0 N–H and O–H groups in total. The molecular formula is C32H25ClO2S5Si. The first-order valence-electron chi connectivity index (χ1n) is 13.1. The van der Waals surface area contributed by atoms with Crippen molar-refractivity contribution in [3.8, 4) is 51.5 Å². The number of alkyl halides is 1. The second-order valence-corrected chi connectivity index (χ2v) is 22.7. The monoisotopic (exact) mass is 664 g/mol. The third-order valence-corrected chi connectivity index (χ3v) is 20.5. The predicted octanol–water partition coefficient (Wildman–Crippen LogP) is 10.4. The minimum absolute atomic E-state index is 0.458. The van der Waals surface area contributed by atoms with Gasteiger partial charge < -0.3 is 0 Å². The average Bonchev–Trinajstić information content (AvgIpc) is 3.78. The number of thiophene rings is 4. The zero-order chi connectivity index (χ0) is 28.5. The fourth-order valence-electron chi connectivity index (χ4n) is 5.27. The number of rotatable bonds is 6. The first-order valence-corrected chi connectivity index (χ1v) is 21.6. The molecule has 0 amide bonds. The van der Waals surface area contributed by atoms with E-state index in [0.717, 1.165) is 51.5 Å². The summed E-state index contributed by atoms with van der Waals surface area (Å²) in [5.41, 5.74) is 4.16. The molecule has 0 bridgehead atoms. The Morgan fingerprint density at radius 2 is 1.12 bits per heavy atom. The highest BCUT2D eigenvalue weighted by Gasteiger charge is 2.44. The zero-order valence-corrected chi connectivity index (χ0v) is 28.4. The number of aryl methyl sites for hydroxylation is 1. The third kappa shape index (κ3) is 4.38. The summed E-state index contributed by atoms with van der Waals surface area (Å²) in [5.74, 6) is 0. The summed E-state index contributed by atoms with van der Waals surface area (Å²) < 4.78 is 30.9. The smallest absolute Gasteiger partial charge is 0.210 e. The molecular weight excluding hydrogens is 640 g/mol. The lowest BCUT2D eigenvalue weighted by Crippen LogP contribution is -2.41. The van der Waals surface area contributed by atoms with Crippen molar-refractivity contribution < 1.29 is 8.42 Å². The van der Waals surface area contributed by atoms with E-state index in [2.05, 4.69) is 44.3 Å². The van der Waals surface area contributed by atoms with Gasteiger partial charge in [0.25, 0.3) is 0 Å². The van der Waals surface area contributed by atoms with E-state index in [1.165, 1.54) is 9.38 Å². The molecule has 0 radical (unpaired) electrons. The molecule has 7 rings (SSSR count). The number of hydrogen-bond donors (Lipinski definition) is 0. The van der Waals surface area contributed by atoms with Crippen molar-refractivity contribution in [2.24, 2.45) is 0 Å². The van der Waals surface area contributed by atoms with Crippen molar-refractivity contribution in [1.29, 1.82) is 0 Å². The lowest BCUT2D eigenvalue weighted by Gasteiger charge is -2.16. The number of halogens is 1. The Morgan fingerprint density at radius 1 is 0.634 bits per heavy atom. The van der Waals surface area contributed by atoms with Crippen molar-refractivity contribution in [1.82, 2.24) is 0 Å². The summed E-state index contributed by atoms with van der Waals surface area (Å²) in [6.07, 6.45) is 0. The van der Waals surface area contributed by atoms with Crippen LogP contribution in [0.4, 0.5) is 0 Å². The number of fused-ring (bicyclic) bond motifs is 3. The van der Waals surface area contributed by atoms with Gasteiger partial charge in [0.2, 0.25) is 9.84 Å². The van der Waals surface area contributed by atoms with Crippen LogP contribution in [0.2, 0.25) is 13.1 Å². The maximum atomic E-state index is 14.8. The quantitative estimate of drug-likeness (QED) is 0.131. The van der Waals surface area contributed by atoms with Crippen LogP contribution in [-0.2, 0) is 9.84 Å². The van der Waals surface area contributed by atoms with Gasteiger partial charge >= 0.3 is 0 Å². The van der Waals surface area contributed by atoms with E-state index in [1.807, 2.05) is 60.7 Å². The van der Waals surface area contributed by atoms with Crippen LogP contribution in [0, 0.1) is 6.92 Å². The second kappa shape index (κ2) is 10.2. The SMILES string of the molecule is Cc1ccc(-c2sc3c(c2-c2ccccc2)S(=O)(=O)c2c-3sc(-c3ccc([Si](C)(C)CCl)s3)c2-c2ccccc2)s1. The largest absolute Gasteiger partial charge is 0.218 e. The summed E-state index contributed by atoms with van der Waals surface area (Å²) in [6, 6.07) is 28.5. The first kappa shape index (κ1) is 27.5. The second-order valence-electron chi connectivity index (χ2n) is 10.8. The van der Waals surface area contributed by atoms with Gasteiger partial charge in [-0.15, -0.1) is 56.9 Å². The number of sulfone groups is 1. The molecule has 4 aromatic heterocycles. The van der Waals surface area contributed by atoms with Crippen LogP contribution in [0.25, 0.3) is 51.5 Å². The number of benzene rings is 2. The van der Waals surface area contributed by atoms with Crippen LogP contribution >= 0.6 is 56.9 Å². The Balaban J connectivity index is 1.53. The fraction of sp³-hybridized carbons (Fsp3) is 0.125. The van der Waals surface area contributed by atoms with Crippen LogP contribution in [0.5, 0.6) is 0 Å². The highest BCUT2D eigenvalue weighted by Crippen LogP contribution is 2.63. The maximum absolute atomic E-state index is 14.8. The Morgan fingerprint density at radius 3 is 1.59 bits per heavy atom. The lowest BCUT2D eigenvalue weighted by molar-refractivity contribution is 0.599. The van der Waals surface area contributed by atoms with E-state index in [1.54, 1.807) is 45.3 Å². The van der Waals surface area contributed by atoms with E-state index in [4.69, 9.17) is 11.6 Å². The molecule has 0 saturated heterocycles. The van der Waals surface area contributed by atoms with E-state index in [0.29, 0.717) is 15.3 Å². The van der Waals surface area contributed by atoms with Crippen molar-refractivity contribution >= 4 is 79.4 Å². The van der Waals surface area contributed by atoms with E-state index in [9.17, 15) is 8.42 Å². The van der Waals surface area contributed by atoms with Crippen LogP contribution < -0.4 is 4.50 Å². The van der Waals surface area contributed by atoms with Crippen LogP contribution in [0.15, 0.2) is 94.7 Å². The third-order valence-electron chi connectivity index (χ3n) is 7.39. The van der Waals surface area contributed by atoms with Gasteiger partial charge in [-0.05, 0) is 40.8 Å². The standard InChI is InChI=1S/C32H25ClO2S5Si/c1-19-14-15-22(36-19)27-25(20-10-6-4-7-11-20)31-29(38-27)30-32(40(31,34)35)26(21-12-8-5-9-13-21)28(39-30)23-16-17-24(37-23)41(2,3)18-33/h4-17H,18H2,1-3H3. The fourth-order valence-corrected chi connectivity index (χ4v) is 15.7. The first-order chi connectivity index (χ1) is 19.7. The van der Waals surface area contributed by atoms with Crippen molar-refractivity contribution in [3.63, 3.8) is 0 Å².